The van der Waals surface area contributed by atoms with E-state index in [0.29, 0.717) is 10.2 Å². The third-order valence-corrected chi connectivity index (χ3v) is 3.56. The predicted molar refractivity (Wildman–Crippen MR) is 68.6 cm³/mol. The van der Waals surface area contributed by atoms with Gasteiger partial charge in [0.05, 0.1) is 0 Å². The zero-order chi connectivity index (χ0) is 12.6. The second-order valence-electron chi connectivity index (χ2n) is 4.04. The highest BCUT2D eigenvalue weighted by Gasteiger charge is 2.17. The molecule has 0 spiro atoms. The molecule has 0 saturated carbocycles. The molecule has 1 aromatic carbocycles. The fourth-order valence-corrected chi connectivity index (χ4v) is 2.17. The highest BCUT2D eigenvalue weighted by Crippen LogP contribution is 2.34. The van der Waals surface area contributed by atoms with Crippen molar-refractivity contribution in [2.75, 3.05) is 0 Å². The Labute approximate surface area is 108 Å². The molecule has 0 fully saturated rings. The first-order chi connectivity index (χ1) is 8.04. The lowest BCUT2D eigenvalue weighted by Gasteiger charge is -2.07. The number of rotatable bonds is 1. The van der Waals surface area contributed by atoms with Gasteiger partial charge in [0.15, 0.2) is 11.5 Å². The lowest BCUT2D eigenvalue weighted by atomic mass is 9.99. The molecule has 0 aliphatic carbocycles. The van der Waals surface area contributed by atoms with Crippen LogP contribution in [0.4, 0.5) is 0 Å². The normalized spacial score (nSPS) is 10.3. The lowest BCUT2D eigenvalue weighted by Crippen LogP contribution is -1.88. The molecule has 0 radical (unpaired) electrons. The summed E-state index contributed by atoms with van der Waals surface area (Å²) in [6, 6.07) is 6.13. The average Bonchev–Trinajstić information content (AvgIpc) is 2.65. The van der Waals surface area contributed by atoms with E-state index in [1.54, 1.807) is 0 Å². The Kier molecular flexibility index (Phi) is 3.03. The molecule has 86 valence electrons. The molecule has 0 aliphatic heterocycles. The Bertz CT molecular complexity index is 623. The third kappa shape index (κ3) is 1.98. The molecule has 0 N–H and O–H groups in total. The van der Waals surface area contributed by atoms with Gasteiger partial charge in [0.25, 0.3) is 0 Å². The van der Waals surface area contributed by atoms with Crippen LogP contribution in [0.1, 0.15) is 22.4 Å². The summed E-state index contributed by atoms with van der Waals surface area (Å²) < 4.78 is 5.85. The van der Waals surface area contributed by atoms with E-state index in [0.717, 1.165) is 11.1 Å². The molecule has 0 atom stereocenters. The van der Waals surface area contributed by atoms with Crippen LogP contribution in [-0.2, 0) is 0 Å². The van der Waals surface area contributed by atoms with E-state index in [9.17, 15) is 0 Å². The smallest absolute Gasteiger partial charge is 0.198 e. The van der Waals surface area contributed by atoms with Crippen LogP contribution in [0, 0.1) is 32.1 Å². The first-order valence-corrected chi connectivity index (χ1v) is 5.97. The van der Waals surface area contributed by atoms with Crippen LogP contribution in [-0.4, -0.2) is 5.16 Å². The van der Waals surface area contributed by atoms with Gasteiger partial charge in [-0.15, -0.1) is 0 Å². The Balaban J connectivity index is 2.65. The molecular formula is C13H11BrN2O. The van der Waals surface area contributed by atoms with E-state index in [1.165, 1.54) is 11.1 Å². The van der Waals surface area contributed by atoms with E-state index in [-0.39, 0.29) is 5.69 Å². The molecule has 0 amide bonds. The molecular weight excluding hydrogens is 280 g/mol. The summed E-state index contributed by atoms with van der Waals surface area (Å²) in [5.74, 6) is 0.613. The third-order valence-electron chi connectivity index (χ3n) is 2.83. The fourth-order valence-electron chi connectivity index (χ4n) is 1.72. The number of nitrogens with zero attached hydrogens (tertiary/aromatic N) is 2. The van der Waals surface area contributed by atoms with Crippen molar-refractivity contribution in [3.8, 4) is 17.4 Å². The zero-order valence-corrected chi connectivity index (χ0v) is 11.4. The highest BCUT2D eigenvalue weighted by atomic mass is 79.9. The maximum Gasteiger partial charge on any atom is 0.198 e. The summed E-state index contributed by atoms with van der Waals surface area (Å²) in [6.07, 6.45) is 0. The van der Waals surface area contributed by atoms with Crippen LogP contribution in [0.2, 0.25) is 0 Å². The standard InChI is InChI=1S/C13H11BrN2O/c1-7-4-9(3)10(5-8(7)2)13-12(14)11(6-15)16-17-13/h4-5H,1-3H3. The minimum Gasteiger partial charge on any atom is -0.354 e. The SMILES string of the molecule is Cc1cc(C)c(-c2onc(C#N)c2Br)cc1C. The lowest BCUT2D eigenvalue weighted by molar-refractivity contribution is 0.429. The van der Waals surface area contributed by atoms with Gasteiger partial charge in [0.2, 0.25) is 0 Å². The van der Waals surface area contributed by atoms with Crippen LogP contribution >= 0.6 is 15.9 Å². The molecule has 1 aromatic heterocycles. The number of aryl methyl sites for hydroxylation is 3. The van der Waals surface area contributed by atoms with Gasteiger partial charge >= 0.3 is 0 Å². The Morgan fingerprint density at radius 3 is 2.41 bits per heavy atom. The van der Waals surface area contributed by atoms with Crippen molar-refractivity contribution in [1.29, 1.82) is 5.26 Å². The summed E-state index contributed by atoms with van der Waals surface area (Å²) in [6.45, 7) is 6.14. The monoisotopic (exact) mass is 290 g/mol. The number of benzene rings is 1. The van der Waals surface area contributed by atoms with Crippen molar-refractivity contribution < 1.29 is 4.52 Å². The van der Waals surface area contributed by atoms with Crippen molar-refractivity contribution in [2.24, 2.45) is 0 Å². The van der Waals surface area contributed by atoms with Crippen molar-refractivity contribution in [1.82, 2.24) is 5.16 Å². The quantitative estimate of drug-likeness (QED) is 0.800. The molecule has 0 unspecified atom stereocenters. The molecule has 0 saturated heterocycles. The van der Waals surface area contributed by atoms with E-state index in [1.807, 2.05) is 19.9 Å². The maximum atomic E-state index is 8.84. The van der Waals surface area contributed by atoms with Crippen LogP contribution < -0.4 is 0 Å². The van der Waals surface area contributed by atoms with Crippen molar-refractivity contribution >= 4 is 15.9 Å². The van der Waals surface area contributed by atoms with Crippen LogP contribution in [0.25, 0.3) is 11.3 Å². The van der Waals surface area contributed by atoms with Crippen molar-refractivity contribution in [3.05, 3.63) is 39.0 Å². The van der Waals surface area contributed by atoms with Gasteiger partial charge < -0.3 is 4.52 Å². The maximum absolute atomic E-state index is 8.84. The first-order valence-electron chi connectivity index (χ1n) is 5.18. The van der Waals surface area contributed by atoms with Gasteiger partial charge in [-0.1, -0.05) is 11.2 Å². The molecule has 17 heavy (non-hydrogen) atoms. The molecule has 0 bridgehead atoms. The van der Waals surface area contributed by atoms with Crippen LogP contribution in [0.3, 0.4) is 0 Å². The molecule has 0 aliphatic rings. The first kappa shape index (κ1) is 11.9. The van der Waals surface area contributed by atoms with E-state index in [2.05, 4.69) is 40.1 Å². The van der Waals surface area contributed by atoms with Crippen molar-refractivity contribution in [2.45, 2.75) is 20.8 Å². The largest absolute Gasteiger partial charge is 0.354 e. The average molecular weight is 291 g/mol. The van der Waals surface area contributed by atoms with Gasteiger partial charge in [0, 0.05) is 5.56 Å². The summed E-state index contributed by atoms with van der Waals surface area (Å²) >= 11 is 3.35. The second-order valence-corrected chi connectivity index (χ2v) is 4.83. The van der Waals surface area contributed by atoms with E-state index in [4.69, 9.17) is 9.78 Å². The number of halogens is 1. The summed E-state index contributed by atoms with van der Waals surface area (Å²) in [4.78, 5) is 0. The summed E-state index contributed by atoms with van der Waals surface area (Å²) in [5, 5.41) is 12.6. The second kappa shape index (κ2) is 4.34. The molecule has 2 aromatic rings. The Hall–Kier alpha value is -1.60. The summed E-state index contributed by atoms with van der Waals surface area (Å²) in [7, 11) is 0. The Morgan fingerprint density at radius 2 is 1.82 bits per heavy atom. The highest BCUT2D eigenvalue weighted by molar-refractivity contribution is 9.10. The van der Waals surface area contributed by atoms with Crippen LogP contribution in [0.5, 0.6) is 0 Å². The van der Waals surface area contributed by atoms with Gasteiger partial charge in [-0.2, -0.15) is 5.26 Å². The number of aromatic nitrogens is 1. The molecule has 4 heteroatoms. The summed E-state index contributed by atoms with van der Waals surface area (Å²) in [5.41, 5.74) is 4.77. The van der Waals surface area contributed by atoms with E-state index < -0.39 is 0 Å². The minimum absolute atomic E-state index is 0.276. The topological polar surface area (TPSA) is 49.8 Å². The van der Waals surface area contributed by atoms with Gasteiger partial charge in [-0.05, 0) is 59.5 Å². The molecule has 3 nitrogen and oxygen atoms in total. The number of nitriles is 1. The van der Waals surface area contributed by atoms with Crippen molar-refractivity contribution in [3.63, 3.8) is 0 Å². The zero-order valence-electron chi connectivity index (χ0n) is 9.84. The Morgan fingerprint density at radius 1 is 1.18 bits per heavy atom. The van der Waals surface area contributed by atoms with Gasteiger partial charge in [-0.3, -0.25) is 0 Å². The van der Waals surface area contributed by atoms with Gasteiger partial charge in [-0.25, -0.2) is 0 Å². The molecule has 2 rings (SSSR count). The van der Waals surface area contributed by atoms with E-state index >= 15 is 0 Å². The minimum atomic E-state index is 0.276. The predicted octanol–water partition coefficient (Wildman–Crippen LogP) is 3.90. The number of hydrogen-bond donors (Lipinski definition) is 0. The fraction of sp³-hybridized carbons (Fsp3) is 0.231. The molecule has 1 heterocycles. The number of hydrogen-bond acceptors (Lipinski definition) is 3. The van der Waals surface area contributed by atoms with Gasteiger partial charge in [0.1, 0.15) is 10.5 Å². The van der Waals surface area contributed by atoms with Crippen LogP contribution in [0.15, 0.2) is 21.1 Å².